The van der Waals surface area contributed by atoms with Gasteiger partial charge in [0.1, 0.15) is 18.1 Å². The Morgan fingerprint density at radius 1 is 1.03 bits per heavy atom. The van der Waals surface area contributed by atoms with Crippen LogP contribution in [0.15, 0.2) is 30.5 Å². The summed E-state index contributed by atoms with van der Waals surface area (Å²) in [6, 6.07) is 3.64. The van der Waals surface area contributed by atoms with Crippen molar-refractivity contribution in [1.82, 2.24) is 20.9 Å². The molecule has 3 amide bonds. The van der Waals surface area contributed by atoms with Crippen molar-refractivity contribution in [3.8, 4) is 0 Å². The first-order valence-electron chi connectivity index (χ1n) is 9.69. The van der Waals surface area contributed by atoms with Gasteiger partial charge in [0.05, 0.1) is 6.04 Å². The highest BCUT2D eigenvalue weighted by Crippen LogP contribution is 2.18. The van der Waals surface area contributed by atoms with E-state index in [0.717, 1.165) is 16.5 Å². The molecule has 0 radical (unpaired) electrons. The molecule has 168 valence electrons. The fourth-order valence-electron chi connectivity index (χ4n) is 2.90. The first-order valence-corrected chi connectivity index (χ1v) is 10.3. The van der Waals surface area contributed by atoms with Gasteiger partial charge < -0.3 is 31.8 Å². The van der Waals surface area contributed by atoms with Gasteiger partial charge >= 0.3 is 5.97 Å². The molecule has 1 heterocycles. The fourth-order valence-corrected chi connectivity index (χ4v) is 3.15. The number of carbonyl (C=O) groups excluding carboxylic acids is 3. The summed E-state index contributed by atoms with van der Waals surface area (Å²) in [5.74, 6) is -3.11. The maximum Gasteiger partial charge on any atom is 0.327 e. The predicted octanol–water partition coefficient (Wildman–Crippen LogP) is -0.454. The molecule has 7 N–H and O–H groups in total. The summed E-state index contributed by atoms with van der Waals surface area (Å²) in [6.45, 7) is 2.87. The SMILES string of the molecule is CC(NC(=O)C(N)Cc1c[nH]c2ccccc12)C(=O)NC(C)C(=O)NC(CS)C(=O)O. The minimum absolute atomic E-state index is 0.0947. The average Bonchev–Trinajstić information content (AvgIpc) is 3.14. The maximum atomic E-state index is 12.4. The largest absolute Gasteiger partial charge is 0.480 e. The van der Waals surface area contributed by atoms with E-state index >= 15 is 0 Å². The summed E-state index contributed by atoms with van der Waals surface area (Å²) < 4.78 is 0. The number of fused-ring (bicyclic) bond motifs is 1. The molecule has 0 spiro atoms. The Hall–Kier alpha value is -3.05. The molecule has 0 saturated carbocycles. The van der Waals surface area contributed by atoms with Crippen LogP contribution in [0.2, 0.25) is 0 Å². The van der Waals surface area contributed by atoms with Crippen molar-refractivity contribution in [2.45, 2.75) is 44.4 Å². The zero-order valence-electron chi connectivity index (χ0n) is 17.2. The van der Waals surface area contributed by atoms with E-state index < -0.39 is 47.9 Å². The van der Waals surface area contributed by atoms with Crippen LogP contribution in [0.25, 0.3) is 10.9 Å². The Morgan fingerprint density at radius 2 is 1.61 bits per heavy atom. The molecule has 4 atom stereocenters. The minimum Gasteiger partial charge on any atom is -0.480 e. The summed E-state index contributed by atoms with van der Waals surface area (Å²) in [4.78, 5) is 50.9. The number of carboxylic acid groups (broad SMARTS) is 1. The van der Waals surface area contributed by atoms with Crippen molar-refractivity contribution in [3.63, 3.8) is 0 Å². The number of amides is 3. The second-order valence-corrected chi connectivity index (χ2v) is 7.58. The third kappa shape index (κ3) is 6.46. The number of H-pyrrole nitrogens is 1. The Labute approximate surface area is 184 Å². The van der Waals surface area contributed by atoms with Crippen molar-refractivity contribution < 1.29 is 24.3 Å². The minimum atomic E-state index is -1.23. The van der Waals surface area contributed by atoms with Gasteiger partial charge in [-0.1, -0.05) is 18.2 Å². The molecule has 0 aliphatic rings. The zero-order chi connectivity index (χ0) is 23.1. The third-order valence-corrected chi connectivity index (χ3v) is 5.12. The van der Waals surface area contributed by atoms with Crippen LogP contribution in [0.3, 0.4) is 0 Å². The van der Waals surface area contributed by atoms with Gasteiger partial charge in [-0.3, -0.25) is 14.4 Å². The first kappa shape index (κ1) is 24.2. The van der Waals surface area contributed by atoms with Crippen molar-refractivity contribution in [3.05, 3.63) is 36.0 Å². The molecule has 2 aromatic rings. The van der Waals surface area contributed by atoms with Gasteiger partial charge in [-0.05, 0) is 31.9 Å². The number of para-hydroxylation sites is 1. The smallest absolute Gasteiger partial charge is 0.327 e. The molecule has 0 bridgehead atoms. The second kappa shape index (κ2) is 10.8. The van der Waals surface area contributed by atoms with E-state index in [0.29, 0.717) is 0 Å². The van der Waals surface area contributed by atoms with Gasteiger partial charge in [-0.2, -0.15) is 12.6 Å². The van der Waals surface area contributed by atoms with Crippen LogP contribution in [-0.4, -0.2) is 63.7 Å². The molecule has 1 aromatic carbocycles. The average molecular weight is 450 g/mol. The Bertz CT molecular complexity index is 962. The van der Waals surface area contributed by atoms with Crippen LogP contribution < -0.4 is 21.7 Å². The van der Waals surface area contributed by atoms with Gasteiger partial charge in [0.15, 0.2) is 0 Å². The number of aliphatic carboxylic acids is 1. The monoisotopic (exact) mass is 449 g/mol. The Balaban J connectivity index is 1.87. The normalized spacial score (nSPS) is 14.8. The zero-order valence-corrected chi connectivity index (χ0v) is 18.1. The third-order valence-electron chi connectivity index (χ3n) is 4.75. The number of rotatable bonds is 10. The van der Waals surface area contributed by atoms with Crippen LogP contribution in [0, 0.1) is 0 Å². The quantitative estimate of drug-likeness (QED) is 0.243. The lowest BCUT2D eigenvalue weighted by Gasteiger charge is -2.21. The van der Waals surface area contributed by atoms with Crippen molar-refractivity contribution in [2.75, 3.05) is 5.75 Å². The van der Waals surface area contributed by atoms with Gasteiger partial charge in [-0.25, -0.2) is 4.79 Å². The van der Waals surface area contributed by atoms with Crippen LogP contribution >= 0.6 is 12.6 Å². The van der Waals surface area contributed by atoms with E-state index in [4.69, 9.17) is 10.8 Å². The molecule has 0 saturated heterocycles. The molecule has 0 fully saturated rings. The molecule has 2 rings (SSSR count). The van der Waals surface area contributed by atoms with Crippen molar-refractivity contribution >= 4 is 47.2 Å². The number of aromatic nitrogens is 1. The van der Waals surface area contributed by atoms with E-state index in [9.17, 15) is 19.2 Å². The predicted molar refractivity (Wildman–Crippen MR) is 119 cm³/mol. The highest BCUT2D eigenvalue weighted by Gasteiger charge is 2.26. The number of thiol groups is 1. The standard InChI is InChI=1S/C20H27N5O5S/c1-10(17(26)23-11(2)18(27)25-16(9-31)20(29)30)24-19(28)14(21)7-12-8-22-15-6-4-3-5-13(12)15/h3-6,8,10-11,14,16,22,31H,7,9,21H2,1-2H3,(H,23,26)(H,24,28)(H,25,27)(H,29,30). The van der Waals surface area contributed by atoms with E-state index in [1.165, 1.54) is 13.8 Å². The topological polar surface area (TPSA) is 166 Å². The number of hydrogen-bond acceptors (Lipinski definition) is 6. The number of aromatic amines is 1. The highest BCUT2D eigenvalue weighted by molar-refractivity contribution is 7.80. The van der Waals surface area contributed by atoms with Gasteiger partial charge in [0, 0.05) is 22.9 Å². The molecule has 10 nitrogen and oxygen atoms in total. The summed E-state index contributed by atoms with van der Waals surface area (Å²) >= 11 is 3.86. The number of hydrogen-bond donors (Lipinski definition) is 7. The van der Waals surface area contributed by atoms with E-state index in [1.54, 1.807) is 6.20 Å². The summed E-state index contributed by atoms with van der Waals surface area (Å²) in [6.07, 6.45) is 2.08. The van der Waals surface area contributed by atoms with E-state index in [1.807, 2.05) is 24.3 Å². The molecule has 11 heteroatoms. The lowest BCUT2D eigenvalue weighted by atomic mass is 10.0. The lowest BCUT2D eigenvalue weighted by molar-refractivity contribution is -0.141. The summed E-state index contributed by atoms with van der Waals surface area (Å²) in [5, 5.41) is 17.2. The molecule has 1 aromatic heterocycles. The second-order valence-electron chi connectivity index (χ2n) is 7.21. The number of benzene rings is 1. The maximum absolute atomic E-state index is 12.4. The van der Waals surface area contributed by atoms with Crippen molar-refractivity contribution in [2.24, 2.45) is 5.73 Å². The van der Waals surface area contributed by atoms with Crippen LogP contribution in [0.5, 0.6) is 0 Å². The summed E-state index contributed by atoms with van der Waals surface area (Å²) in [7, 11) is 0. The Morgan fingerprint density at radius 3 is 2.23 bits per heavy atom. The summed E-state index contributed by atoms with van der Waals surface area (Å²) in [5.41, 5.74) is 7.84. The van der Waals surface area contributed by atoms with E-state index in [2.05, 4.69) is 33.6 Å². The first-order chi connectivity index (χ1) is 14.6. The van der Waals surface area contributed by atoms with Gasteiger partial charge in [0.25, 0.3) is 0 Å². The van der Waals surface area contributed by atoms with Crippen LogP contribution in [0.4, 0.5) is 0 Å². The molecule has 0 aliphatic heterocycles. The van der Waals surface area contributed by atoms with Gasteiger partial charge in [-0.15, -0.1) is 0 Å². The number of carboxylic acids is 1. The molecule has 0 aliphatic carbocycles. The Kier molecular flexibility index (Phi) is 8.46. The van der Waals surface area contributed by atoms with Crippen LogP contribution in [-0.2, 0) is 25.6 Å². The molecule has 4 unspecified atom stereocenters. The molecular weight excluding hydrogens is 422 g/mol. The van der Waals surface area contributed by atoms with Crippen LogP contribution in [0.1, 0.15) is 19.4 Å². The number of nitrogens with one attached hydrogen (secondary N) is 4. The lowest BCUT2D eigenvalue weighted by Crippen LogP contribution is -2.55. The molecular formula is C20H27N5O5S. The number of nitrogens with two attached hydrogens (primary N) is 1. The number of carbonyl (C=O) groups is 4. The fraction of sp³-hybridized carbons (Fsp3) is 0.400. The van der Waals surface area contributed by atoms with E-state index in [-0.39, 0.29) is 12.2 Å². The molecule has 31 heavy (non-hydrogen) atoms. The van der Waals surface area contributed by atoms with Crippen molar-refractivity contribution in [1.29, 1.82) is 0 Å². The van der Waals surface area contributed by atoms with Gasteiger partial charge in [0.2, 0.25) is 17.7 Å². The highest BCUT2D eigenvalue weighted by atomic mass is 32.1.